The Labute approximate surface area is 134 Å². The molecule has 6 heteroatoms. The zero-order valence-corrected chi connectivity index (χ0v) is 13.4. The van der Waals surface area contributed by atoms with Crippen molar-refractivity contribution in [1.29, 1.82) is 0 Å². The Balaban J connectivity index is 1.85. The average molecular weight is 376 g/mol. The standard InChI is InChI=1S/C15H13BrF3NS/c16-14-4-2-1-3-12(14)10-20-9-11-5-7-13(8-6-11)21-15(17,18)19/h1-8,20H,9-10H2. The first-order valence-electron chi connectivity index (χ1n) is 6.23. The molecule has 1 nitrogen and oxygen atoms in total. The van der Waals surface area contributed by atoms with Gasteiger partial charge in [0.25, 0.3) is 0 Å². The molecule has 0 spiro atoms. The predicted molar refractivity (Wildman–Crippen MR) is 83.0 cm³/mol. The molecule has 0 aromatic heterocycles. The topological polar surface area (TPSA) is 12.0 Å². The van der Waals surface area contributed by atoms with Crippen molar-refractivity contribution in [3.63, 3.8) is 0 Å². The van der Waals surface area contributed by atoms with Crippen LogP contribution in [0.15, 0.2) is 57.9 Å². The number of halogens is 4. The highest BCUT2D eigenvalue weighted by molar-refractivity contribution is 9.10. The minimum Gasteiger partial charge on any atom is -0.309 e. The third-order valence-electron chi connectivity index (χ3n) is 2.76. The van der Waals surface area contributed by atoms with Gasteiger partial charge in [0.1, 0.15) is 0 Å². The maximum atomic E-state index is 12.2. The van der Waals surface area contributed by atoms with Crippen LogP contribution in [0.3, 0.4) is 0 Å². The molecule has 2 rings (SSSR count). The molecular formula is C15H13BrF3NS. The second-order valence-corrected chi connectivity index (χ2v) is 6.38. The van der Waals surface area contributed by atoms with Crippen LogP contribution in [-0.4, -0.2) is 5.51 Å². The quantitative estimate of drug-likeness (QED) is 0.706. The Morgan fingerprint density at radius 2 is 1.62 bits per heavy atom. The van der Waals surface area contributed by atoms with Crippen molar-refractivity contribution in [3.05, 3.63) is 64.1 Å². The molecule has 0 radical (unpaired) electrons. The molecule has 21 heavy (non-hydrogen) atoms. The van der Waals surface area contributed by atoms with E-state index in [0.717, 1.165) is 15.6 Å². The van der Waals surface area contributed by atoms with E-state index in [9.17, 15) is 13.2 Å². The summed E-state index contributed by atoms with van der Waals surface area (Å²) in [6.07, 6.45) is 0. The third kappa shape index (κ3) is 5.73. The van der Waals surface area contributed by atoms with Crippen molar-refractivity contribution < 1.29 is 13.2 Å². The lowest BCUT2D eigenvalue weighted by Crippen LogP contribution is -2.12. The summed E-state index contributed by atoms with van der Waals surface area (Å²) in [6.45, 7) is 1.30. The number of hydrogen-bond donors (Lipinski definition) is 1. The van der Waals surface area contributed by atoms with Gasteiger partial charge in [0, 0.05) is 22.5 Å². The van der Waals surface area contributed by atoms with Crippen molar-refractivity contribution in [3.8, 4) is 0 Å². The first-order chi connectivity index (χ1) is 9.94. The van der Waals surface area contributed by atoms with Crippen LogP contribution >= 0.6 is 27.7 Å². The maximum Gasteiger partial charge on any atom is 0.446 e. The number of thioether (sulfide) groups is 1. The number of rotatable bonds is 5. The molecule has 0 heterocycles. The average Bonchev–Trinajstić information content (AvgIpc) is 2.41. The Morgan fingerprint density at radius 1 is 0.952 bits per heavy atom. The van der Waals surface area contributed by atoms with Crippen molar-refractivity contribution in [2.24, 2.45) is 0 Å². The smallest absolute Gasteiger partial charge is 0.309 e. The SMILES string of the molecule is FC(F)(F)Sc1ccc(CNCc2ccccc2Br)cc1. The molecular weight excluding hydrogens is 363 g/mol. The first kappa shape index (κ1) is 16.4. The van der Waals surface area contributed by atoms with Gasteiger partial charge in [-0.1, -0.05) is 46.3 Å². The minimum atomic E-state index is -4.24. The van der Waals surface area contributed by atoms with E-state index in [1.807, 2.05) is 24.3 Å². The molecule has 0 amide bonds. The lowest BCUT2D eigenvalue weighted by atomic mass is 10.2. The van der Waals surface area contributed by atoms with Crippen LogP contribution in [0.25, 0.3) is 0 Å². The van der Waals surface area contributed by atoms with Gasteiger partial charge in [-0.15, -0.1) is 0 Å². The van der Waals surface area contributed by atoms with Gasteiger partial charge in [0.15, 0.2) is 0 Å². The van der Waals surface area contributed by atoms with E-state index in [-0.39, 0.29) is 16.7 Å². The van der Waals surface area contributed by atoms with Gasteiger partial charge >= 0.3 is 5.51 Å². The van der Waals surface area contributed by atoms with Gasteiger partial charge < -0.3 is 5.32 Å². The molecule has 0 saturated heterocycles. The fourth-order valence-electron chi connectivity index (χ4n) is 1.79. The fraction of sp³-hybridized carbons (Fsp3) is 0.200. The Kier molecular flexibility index (Phi) is 5.72. The fourth-order valence-corrected chi connectivity index (χ4v) is 2.76. The molecule has 112 valence electrons. The van der Waals surface area contributed by atoms with E-state index < -0.39 is 5.51 Å². The largest absolute Gasteiger partial charge is 0.446 e. The van der Waals surface area contributed by atoms with E-state index in [0.29, 0.717) is 13.1 Å². The molecule has 0 unspecified atom stereocenters. The third-order valence-corrected chi connectivity index (χ3v) is 4.27. The van der Waals surface area contributed by atoms with Gasteiger partial charge in [-0.2, -0.15) is 13.2 Å². The molecule has 0 saturated carbocycles. The number of hydrogen-bond acceptors (Lipinski definition) is 2. The summed E-state index contributed by atoms with van der Waals surface area (Å²) in [5.41, 5.74) is -2.14. The Bertz CT molecular complexity index is 584. The van der Waals surface area contributed by atoms with Crippen LogP contribution in [0, 0.1) is 0 Å². The van der Waals surface area contributed by atoms with Gasteiger partial charge in [-0.25, -0.2) is 0 Å². The summed E-state index contributed by atoms with van der Waals surface area (Å²) in [7, 11) is 0. The number of benzene rings is 2. The second-order valence-electron chi connectivity index (χ2n) is 4.39. The predicted octanol–water partition coefficient (Wildman–Crippen LogP) is 5.35. The molecule has 0 fully saturated rings. The Morgan fingerprint density at radius 3 is 2.24 bits per heavy atom. The summed E-state index contributed by atoms with van der Waals surface area (Å²) < 4.78 is 37.7. The molecule has 2 aromatic carbocycles. The van der Waals surface area contributed by atoms with Crippen molar-refractivity contribution >= 4 is 27.7 Å². The van der Waals surface area contributed by atoms with Crippen LogP contribution in [0.1, 0.15) is 11.1 Å². The van der Waals surface area contributed by atoms with Gasteiger partial charge in [-0.3, -0.25) is 0 Å². The zero-order chi connectivity index (χ0) is 15.3. The van der Waals surface area contributed by atoms with Crippen molar-refractivity contribution in [1.82, 2.24) is 5.32 Å². The summed E-state index contributed by atoms with van der Waals surface area (Å²) >= 11 is 3.38. The van der Waals surface area contributed by atoms with E-state index in [1.165, 1.54) is 12.1 Å². The van der Waals surface area contributed by atoms with Gasteiger partial charge in [0.2, 0.25) is 0 Å². The van der Waals surface area contributed by atoms with Gasteiger partial charge in [0.05, 0.1) is 0 Å². The number of nitrogens with one attached hydrogen (secondary N) is 1. The van der Waals surface area contributed by atoms with E-state index in [4.69, 9.17) is 0 Å². The van der Waals surface area contributed by atoms with E-state index >= 15 is 0 Å². The molecule has 0 atom stereocenters. The minimum absolute atomic E-state index is 0.0945. The van der Waals surface area contributed by atoms with Crippen LogP contribution in [0.5, 0.6) is 0 Å². The normalized spacial score (nSPS) is 11.6. The monoisotopic (exact) mass is 375 g/mol. The lowest BCUT2D eigenvalue weighted by Gasteiger charge is -2.08. The second kappa shape index (κ2) is 7.33. The summed E-state index contributed by atoms with van der Waals surface area (Å²) in [6, 6.07) is 14.3. The van der Waals surface area contributed by atoms with Crippen molar-refractivity contribution in [2.45, 2.75) is 23.5 Å². The molecule has 0 aliphatic rings. The van der Waals surface area contributed by atoms with Crippen LogP contribution in [-0.2, 0) is 13.1 Å². The summed E-state index contributed by atoms with van der Waals surface area (Å²) in [5, 5.41) is 3.27. The maximum absolute atomic E-state index is 12.2. The highest BCUT2D eigenvalue weighted by Crippen LogP contribution is 2.36. The Hall–Kier alpha value is -0.980. The molecule has 1 N–H and O–H groups in total. The van der Waals surface area contributed by atoms with Crippen LogP contribution in [0.4, 0.5) is 13.2 Å². The van der Waals surface area contributed by atoms with E-state index in [1.54, 1.807) is 12.1 Å². The summed E-state index contributed by atoms with van der Waals surface area (Å²) in [4.78, 5) is 0.206. The molecule has 0 aliphatic carbocycles. The van der Waals surface area contributed by atoms with Gasteiger partial charge in [-0.05, 0) is 41.1 Å². The molecule has 0 bridgehead atoms. The summed E-state index contributed by atoms with van der Waals surface area (Å²) in [5.74, 6) is 0. The highest BCUT2D eigenvalue weighted by Gasteiger charge is 2.28. The molecule has 0 aliphatic heterocycles. The van der Waals surface area contributed by atoms with Crippen LogP contribution in [0.2, 0.25) is 0 Å². The molecule has 2 aromatic rings. The van der Waals surface area contributed by atoms with Crippen molar-refractivity contribution in [2.75, 3.05) is 0 Å². The van der Waals surface area contributed by atoms with E-state index in [2.05, 4.69) is 21.2 Å². The first-order valence-corrected chi connectivity index (χ1v) is 7.84. The number of alkyl halides is 3. The zero-order valence-electron chi connectivity index (χ0n) is 11.0. The lowest BCUT2D eigenvalue weighted by molar-refractivity contribution is -0.0328. The van der Waals surface area contributed by atoms with Crippen LogP contribution < -0.4 is 5.32 Å². The highest BCUT2D eigenvalue weighted by atomic mass is 79.9.